The third-order valence-corrected chi connectivity index (χ3v) is 1.68. The van der Waals surface area contributed by atoms with Crippen LogP contribution in [0.2, 0.25) is 0 Å². The lowest BCUT2D eigenvalue weighted by Gasteiger charge is -2.14. The molecule has 12 heavy (non-hydrogen) atoms. The van der Waals surface area contributed by atoms with Crippen molar-refractivity contribution in [2.75, 3.05) is 0 Å². The Labute approximate surface area is 71.6 Å². The molecule has 1 aromatic rings. The minimum absolute atomic E-state index is 0.424. The molecular formula is C9H12N2O. The zero-order valence-corrected chi connectivity index (χ0v) is 6.72. The summed E-state index contributed by atoms with van der Waals surface area (Å²) >= 11 is 0. The fourth-order valence-electron chi connectivity index (χ4n) is 0.912. The third kappa shape index (κ3) is 1.90. The molecule has 0 amide bonds. The lowest BCUT2D eigenvalue weighted by atomic mass is 10.0. The molecule has 0 aliphatic rings. The molecule has 1 heterocycles. The minimum atomic E-state index is -0.689. The summed E-state index contributed by atoms with van der Waals surface area (Å²) in [7, 11) is 0. The van der Waals surface area contributed by atoms with Crippen molar-refractivity contribution >= 4 is 0 Å². The van der Waals surface area contributed by atoms with Crippen LogP contribution in [-0.4, -0.2) is 16.1 Å². The van der Waals surface area contributed by atoms with Gasteiger partial charge in [0.2, 0.25) is 0 Å². The summed E-state index contributed by atoms with van der Waals surface area (Å²) < 4.78 is 0. The van der Waals surface area contributed by atoms with Crippen molar-refractivity contribution in [3.8, 4) is 0 Å². The van der Waals surface area contributed by atoms with Crippen LogP contribution in [0, 0.1) is 0 Å². The normalized spacial score (nSPS) is 15.2. The third-order valence-electron chi connectivity index (χ3n) is 1.68. The zero-order valence-electron chi connectivity index (χ0n) is 6.72. The van der Waals surface area contributed by atoms with Crippen molar-refractivity contribution in [1.29, 1.82) is 0 Å². The molecule has 1 rings (SSSR count). The Morgan fingerprint density at radius 2 is 2.08 bits per heavy atom. The smallest absolute Gasteiger partial charge is 0.0977 e. The van der Waals surface area contributed by atoms with E-state index in [2.05, 4.69) is 11.6 Å². The maximum atomic E-state index is 9.57. The second-order valence-corrected chi connectivity index (χ2v) is 2.54. The van der Waals surface area contributed by atoms with Gasteiger partial charge in [0.25, 0.3) is 0 Å². The van der Waals surface area contributed by atoms with Crippen molar-refractivity contribution in [3.05, 3.63) is 42.7 Å². The maximum absolute atomic E-state index is 9.57. The van der Waals surface area contributed by atoms with Gasteiger partial charge in [-0.2, -0.15) is 0 Å². The lowest BCUT2D eigenvalue weighted by molar-refractivity contribution is 0.163. The molecular weight excluding hydrogens is 152 g/mol. The number of nitrogens with zero attached hydrogens (tertiary/aromatic N) is 1. The molecule has 0 saturated heterocycles. The van der Waals surface area contributed by atoms with Crippen LogP contribution in [-0.2, 0) is 0 Å². The number of rotatable bonds is 3. The molecule has 0 spiro atoms. The van der Waals surface area contributed by atoms with Crippen molar-refractivity contribution in [3.63, 3.8) is 0 Å². The van der Waals surface area contributed by atoms with Crippen LogP contribution >= 0.6 is 0 Å². The fraction of sp³-hybridized carbons (Fsp3) is 0.222. The van der Waals surface area contributed by atoms with Crippen LogP contribution in [0.4, 0.5) is 0 Å². The van der Waals surface area contributed by atoms with Gasteiger partial charge < -0.3 is 10.8 Å². The highest BCUT2D eigenvalue weighted by Crippen LogP contribution is 2.14. The Bertz CT molecular complexity index is 248. The number of nitrogens with two attached hydrogens (primary N) is 1. The molecule has 0 saturated carbocycles. The van der Waals surface area contributed by atoms with Crippen molar-refractivity contribution in [1.82, 2.24) is 4.98 Å². The molecule has 3 nitrogen and oxygen atoms in total. The predicted octanol–water partition coefficient (Wildman–Crippen LogP) is 0.628. The first-order chi connectivity index (χ1) is 5.75. The monoisotopic (exact) mass is 164 g/mol. The van der Waals surface area contributed by atoms with Crippen molar-refractivity contribution in [2.45, 2.75) is 12.1 Å². The molecule has 2 atom stereocenters. The van der Waals surface area contributed by atoms with E-state index in [0.29, 0.717) is 0 Å². The minimum Gasteiger partial charge on any atom is -0.386 e. The van der Waals surface area contributed by atoms with Gasteiger partial charge >= 0.3 is 0 Å². The summed E-state index contributed by atoms with van der Waals surface area (Å²) in [5.74, 6) is 0. The SMILES string of the molecule is C=CC(N)C(O)c1ccncc1. The molecule has 1 aromatic heterocycles. The Morgan fingerprint density at radius 1 is 1.50 bits per heavy atom. The van der Waals surface area contributed by atoms with E-state index >= 15 is 0 Å². The Hall–Kier alpha value is -1.19. The van der Waals surface area contributed by atoms with E-state index in [0.717, 1.165) is 5.56 Å². The summed E-state index contributed by atoms with van der Waals surface area (Å²) in [6, 6.07) is 3.04. The molecule has 0 aliphatic carbocycles. The first kappa shape index (κ1) is 8.90. The van der Waals surface area contributed by atoms with Gasteiger partial charge in [0, 0.05) is 12.4 Å². The summed E-state index contributed by atoms with van der Waals surface area (Å²) in [6.45, 7) is 3.51. The highest BCUT2D eigenvalue weighted by atomic mass is 16.3. The van der Waals surface area contributed by atoms with E-state index in [1.165, 1.54) is 6.08 Å². The number of hydrogen-bond donors (Lipinski definition) is 2. The average Bonchev–Trinajstić information content (AvgIpc) is 2.17. The highest BCUT2D eigenvalue weighted by molar-refractivity contribution is 5.16. The molecule has 0 aliphatic heterocycles. The van der Waals surface area contributed by atoms with Gasteiger partial charge in [-0.3, -0.25) is 4.98 Å². The molecule has 0 aromatic carbocycles. The van der Waals surface area contributed by atoms with E-state index < -0.39 is 12.1 Å². The maximum Gasteiger partial charge on any atom is 0.0977 e. The van der Waals surface area contributed by atoms with Crippen LogP contribution in [0.1, 0.15) is 11.7 Å². The molecule has 3 N–H and O–H groups in total. The summed E-state index contributed by atoms with van der Waals surface area (Å²) in [5.41, 5.74) is 6.32. The van der Waals surface area contributed by atoms with Crippen LogP contribution < -0.4 is 5.73 Å². The van der Waals surface area contributed by atoms with Crippen molar-refractivity contribution < 1.29 is 5.11 Å². The van der Waals surface area contributed by atoms with Gasteiger partial charge in [-0.15, -0.1) is 6.58 Å². The van der Waals surface area contributed by atoms with E-state index in [1.54, 1.807) is 24.5 Å². The second-order valence-electron chi connectivity index (χ2n) is 2.54. The molecule has 3 heteroatoms. The van der Waals surface area contributed by atoms with Gasteiger partial charge in [0.15, 0.2) is 0 Å². The summed E-state index contributed by atoms with van der Waals surface area (Å²) in [4.78, 5) is 3.84. The molecule has 64 valence electrons. The number of aromatic nitrogens is 1. The number of aliphatic hydroxyl groups is 1. The topological polar surface area (TPSA) is 59.1 Å². The number of pyridine rings is 1. The first-order valence-corrected chi connectivity index (χ1v) is 3.72. The Balaban J connectivity index is 2.78. The van der Waals surface area contributed by atoms with E-state index in [1.807, 2.05) is 0 Å². The number of aliphatic hydroxyl groups excluding tert-OH is 1. The highest BCUT2D eigenvalue weighted by Gasteiger charge is 2.12. The van der Waals surface area contributed by atoms with Gasteiger partial charge in [-0.1, -0.05) is 6.08 Å². The quantitative estimate of drug-likeness (QED) is 0.644. The Kier molecular flexibility index (Phi) is 2.96. The summed E-state index contributed by atoms with van der Waals surface area (Å²) in [6.07, 6.45) is 4.07. The van der Waals surface area contributed by atoms with E-state index in [9.17, 15) is 5.11 Å². The number of hydrogen-bond acceptors (Lipinski definition) is 3. The Morgan fingerprint density at radius 3 is 2.58 bits per heavy atom. The summed E-state index contributed by atoms with van der Waals surface area (Å²) in [5, 5.41) is 9.57. The largest absolute Gasteiger partial charge is 0.386 e. The van der Waals surface area contributed by atoms with E-state index in [4.69, 9.17) is 5.73 Å². The average molecular weight is 164 g/mol. The van der Waals surface area contributed by atoms with Gasteiger partial charge in [-0.25, -0.2) is 0 Å². The second kappa shape index (κ2) is 3.99. The fourth-order valence-corrected chi connectivity index (χ4v) is 0.912. The predicted molar refractivity (Wildman–Crippen MR) is 47.4 cm³/mol. The standard InChI is InChI=1S/C9H12N2O/c1-2-8(10)9(12)7-3-5-11-6-4-7/h2-6,8-9,12H,1,10H2. The van der Waals surface area contributed by atoms with Gasteiger partial charge in [0.05, 0.1) is 12.1 Å². The van der Waals surface area contributed by atoms with E-state index in [-0.39, 0.29) is 0 Å². The first-order valence-electron chi connectivity index (χ1n) is 3.72. The van der Waals surface area contributed by atoms with Crippen LogP contribution in [0.25, 0.3) is 0 Å². The molecule has 0 radical (unpaired) electrons. The molecule has 0 bridgehead atoms. The van der Waals surface area contributed by atoms with Gasteiger partial charge in [-0.05, 0) is 17.7 Å². The molecule has 0 fully saturated rings. The lowest BCUT2D eigenvalue weighted by Crippen LogP contribution is -2.25. The van der Waals surface area contributed by atoms with Crippen LogP contribution in [0.3, 0.4) is 0 Å². The zero-order chi connectivity index (χ0) is 8.97. The van der Waals surface area contributed by atoms with Crippen LogP contribution in [0.15, 0.2) is 37.2 Å². The van der Waals surface area contributed by atoms with Crippen molar-refractivity contribution in [2.24, 2.45) is 5.73 Å². The van der Waals surface area contributed by atoms with Gasteiger partial charge in [0.1, 0.15) is 0 Å². The van der Waals surface area contributed by atoms with Crippen LogP contribution in [0.5, 0.6) is 0 Å². The molecule has 2 unspecified atom stereocenters.